The molecule has 0 aliphatic rings. The van der Waals surface area contributed by atoms with E-state index in [1.54, 1.807) is 0 Å². The van der Waals surface area contributed by atoms with Gasteiger partial charge in [0.15, 0.2) is 5.82 Å². The van der Waals surface area contributed by atoms with Crippen molar-refractivity contribution in [1.29, 1.82) is 0 Å². The van der Waals surface area contributed by atoms with Gasteiger partial charge in [-0.05, 0) is 20.2 Å². The van der Waals surface area contributed by atoms with Gasteiger partial charge < -0.3 is 10.3 Å². The van der Waals surface area contributed by atoms with E-state index in [0.717, 1.165) is 0 Å². The van der Waals surface area contributed by atoms with Gasteiger partial charge in [-0.3, -0.25) is 0 Å². The van der Waals surface area contributed by atoms with Crippen molar-refractivity contribution in [2.45, 2.75) is 4.90 Å². The Labute approximate surface area is 111 Å². The molecule has 1 heterocycles. The summed E-state index contributed by atoms with van der Waals surface area (Å²) in [6.07, 6.45) is 1.19. The molecular weight excluding hydrogens is 278 g/mol. The molecule has 0 radical (unpaired) electrons. The molecule has 0 unspecified atom stereocenters. The standard InChI is InChI=1S/C9H16ClN5O2S/c1-15(2)4-3-13-18(16,17)7-5-8(10)9(14-11)12-6-7/h5-6,13H,3-4,11H2,1-2H3,(H,12,14). The molecule has 9 heteroatoms. The zero-order valence-corrected chi connectivity index (χ0v) is 11.7. The van der Waals surface area contributed by atoms with Gasteiger partial charge in [0.25, 0.3) is 0 Å². The van der Waals surface area contributed by atoms with E-state index in [4.69, 9.17) is 17.4 Å². The maximum absolute atomic E-state index is 11.9. The number of nitrogen functional groups attached to an aromatic ring is 1. The minimum atomic E-state index is -3.60. The van der Waals surface area contributed by atoms with Crippen molar-refractivity contribution in [1.82, 2.24) is 14.6 Å². The van der Waals surface area contributed by atoms with Crippen LogP contribution in [-0.2, 0) is 10.0 Å². The molecule has 1 aromatic rings. The number of aromatic nitrogens is 1. The molecule has 18 heavy (non-hydrogen) atoms. The van der Waals surface area contributed by atoms with Gasteiger partial charge in [-0.1, -0.05) is 11.6 Å². The van der Waals surface area contributed by atoms with Crippen LogP contribution in [0, 0.1) is 0 Å². The van der Waals surface area contributed by atoms with Crippen LogP contribution in [0.4, 0.5) is 5.82 Å². The van der Waals surface area contributed by atoms with Gasteiger partial charge in [-0.25, -0.2) is 24.0 Å². The highest BCUT2D eigenvalue weighted by atomic mass is 35.5. The molecule has 0 amide bonds. The third kappa shape index (κ3) is 4.07. The molecule has 0 saturated carbocycles. The molecule has 1 aromatic heterocycles. The minimum Gasteiger partial charge on any atom is -0.308 e. The predicted octanol–water partition coefficient (Wildman–Crippen LogP) is -0.139. The highest BCUT2D eigenvalue weighted by molar-refractivity contribution is 7.89. The Hall–Kier alpha value is -0.930. The van der Waals surface area contributed by atoms with Crippen LogP contribution in [0.5, 0.6) is 0 Å². The van der Waals surface area contributed by atoms with E-state index in [0.29, 0.717) is 13.1 Å². The Morgan fingerprint density at radius 2 is 2.17 bits per heavy atom. The molecule has 0 aromatic carbocycles. The lowest BCUT2D eigenvalue weighted by Gasteiger charge is -2.11. The topological polar surface area (TPSA) is 100 Å². The summed E-state index contributed by atoms with van der Waals surface area (Å²) in [6.45, 7) is 0.909. The quantitative estimate of drug-likeness (QED) is 0.499. The summed E-state index contributed by atoms with van der Waals surface area (Å²) in [4.78, 5) is 5.68. The molecule has 0 atom stereocenters. The Morgan fingerprint density at radius 1 is 1.50 bits per heavy atom. The minimum absolute atomic E-state index is 0.00487. The number of nitrogens with zero attached hydrogens (tertiary/aromatic N) is 2. The van der Waals surface area contributed by atoms with Crippen LogP contribution < -0.4 is 16.0 Å². The second-order valence-electron chi connectivity index (χ2n) is 3.85. The van der Waals surface area contributed by atoms with Gasteiger partial charge in [0.2, 0.25) is 10.0 Å². The summed E-state index contributed by atoms with van der Waals surface area (Å²) in [5, 5.41) is 0.146. The zero-order chi connectivity index (χ0) is 13.8. The number of nitrogens with one attached hydrogen (secondary N) is 2. The third-order valence-corrected chi connectivity index (χ3v) is 3.83. The van der Waals surface area contributed by atoms with Gasteiger partial charge in [0, 0.05) is 19.3 Å². The first-order valence-corrected chi connectivity index (χ1v) is 6.99. The van der Waals surface area contributed by atoms with Gasteiger partial charge in [0.1, 0.15) is 4.90 Å². The first-order valence-electron chi connectivity index (χ1n) is 5.13. The second kappa shape index (κ2) is 6.30. The number of halogens is 1. The molecule has 4 N–H and O–H groups in total. The van der Waals surface area contributed by atoms with Gasteiger partial charge in [-0.15, -0.1) is 0 Å². The number of nitrogens with two attached hydrogens (primary N) is 1. The number of likely N-dealkylation sites (N-methyl/N-ethyl adjacent to an activating group) is 1. The van der Waals surface area contributed by atoms with E-state index < -0.39 is 10.0 Å². The molecule has 0 fully saturated rings. The molecule has 0 spiro atoms. The highest BCUT2D eigenvalue weighted by Crippen LogP contribution is 2.21. The van der Waals surface area contributed by atoms with E-state index in [1.807, 2.05) is 19.0 Å². The molecule has 7 nitrogen and oxygen atoms in total. The molecular formula is C9H16ClN5O2S. The van der Waals surface area contributed by atoms with Gasteiger partial charge in [-0.2, -0.15) is 0 Å². The molecule has 0 bridgehead atoms. The number of hydrogen-bond acceptors (Lipinski definition) is 6. The van der Waals surface area contributed by atoms with Crippen LogP contribution in [-0.4, -0.2) is 45.5 Å². The summed E-state index contributed by atoms with van der Waals surface area (Å²) < 4.78 is 26.2. The first kappa shape index (κ1) is 15.1. The summed E-state index contributed by atoms with van der Waals surface area (Å²) >= 11 is 5.81. The number of sulfonamides is 1. The van der Waals surface area contributed by atoms with E-state index in [2.05, 4.69) is 15.1 Å². The maximum atomic E-state index is 11.9. The average Bonchev–Trinajstić information content (AvgIpc) is 2.28. The number of hydrazine groups is 1. The van der Waals surface area contributed by atoms with Crippen LogP contribution in [0.1, 0.15) is 0 Å². The van der Waals surface area contributed by atoms with Gasteiger partial charge in [0.05, 0.1) is 5.02 Å². The zero-order valence-electron chi connectivity index (χ0n) is 10.1. The fraction of sp³-hybridized carbons (Fsp3) is 0.444. The largest absolute Gasteiger partial charge is 0.308 e. The lowest BCUT2D eigenvalue weighted by molar-refractivity contribution is 0.412. The summed E-state index contributed by atoms with van der Waals surface area (Å²) in [7, 11) is 0.116. The van der Waals surface area contributed by atoms with E-state index in [9.17, 15) is 8.42 Å². The fourth-order valence-electron chi connectivity index (χ4n) is 1.16. The van der Waals surface area contributed by atoms with Crippen molar-refractivity contribution in [2.75, 3.05) is 32.6 Å². The van der Waals surface area contributed by atoms with Crippen LogP contribution >= 0.6 is 11.6 Å². The van der Waals surface area contributed by atoms with Crippen molar-refractivity contribution in [3.63, 3.8) is 0 Å². The monoisotopic (exact) mass is 293 g/mol. The Balaban J connectivity index is 2.82. The van der Waals surface area contributed by atoms with Crippen molar-refractivity contribution >= 4 is 27.4 Å². The fourth-order valence-corrected chi connectivity index (χ4v) is 2.44. The average molecular weight is 294 g/mol. The molecule has 1 rings (SSSR count). The van der Waals surface area contributed by atoms with Crippen molar-refractivity contribution in [3.05, 3.63) is 17.3 Å². The van der Waals surface area contributed by atoms with E-state index >= 15 is 0 Å². The summed E-state index contributed by atoms with van der Waals surface area (Å²) in [5.74, 6) is 5.38. The Bertz CT molecular complexity index is 506. The number of anilines is 1. The number of pyridine rings is 1. The van der Waals surface area contributed by atoms with Crippen LogP contribution in [0.25, 0.3) is 0 Å². The lowest BCUT2D eigenvalue weighted by atomic mass is 10.5. The van der Waals surface area contributed by atoms with Crippen LogP contribution in [0.2, 0.25) is 5.02 Å². The Kier molecular flexibility index (Phi) is 5.29. The number of hydrogen-bond donors (Lipinski definition) is 3. The molecule has 0 aliphatic carbocycles. The lowest BCUT2D eigenvalue weighted by Crippen LogP contribution is -2.31. The molecule has 0 aliphatic heterocycles. The molecule has 102 valence electrons. The van der Waals surface area contributed by atoms with Crippen LogP contribution in [0.15, 0.2) is 17.2 Å². The van der Waals surface area contributed by atoms with Gasteiger partial charge >= 0.3 is 0 Å². The smallest absolute Gasteiger partial charge is 0.242 e. The van der Waals surface area contributed by atoms with Crippen molar-refractivity contribution in [3.8, 4) is 0 Å². The van der Waals surface area contributed by atoms with Crippen LogP contribution in [0.3, 0.4) is 0 Å². The highest BCUT2D eigenvalue weighted by Gasteiger charge is 2.15. The third-order valence-electron chi connectivity index (χ3n) is 2.11. The Morgan fingerprint density at radius 3 is 2.67 bits per heavy atom. The van der Waals surface area contributed by atoms with E-state index in [-0.39, 0.29) is 15.7 Å². The normalized spacial score (nSPS) is 11.8. The first-order chi connectivity index (χ1) is 8.36. The number of rotatable bonds is 6. The summed E-state index contributed by atoms with van der Waals surface area (Å²) in [6, 6.07) is 1.29. The second-order valence-corrected chi connectivity index (χ2v) is 6.02. The molecule has 0 saturated heterocycles. The van der Waals surface area contributed by atoms with E-state index in [1.165, 1.54) is 12.3 Å². The van der Waals surface area contributed by atoms with Crippen molar-refractivity contribution in [2.24, 2.45) is 5.84 Å². The maximum Gasteiger partial charge on any atom is 0.242 e. The van der Waals surface area contributed by atoms with Crippen molar-refractivity contribution < 1.29 is 8.42 Å². The SMILES string of the molecule is CN(C)CCNS(=O)(=O)c1cnc(NN)c(Cl)c1. The summed E-state index contributed by atoms with van der Waals surface area (Å²) in [5.41, 5.74) is 2.27. The predicted molar refractivity (Wildman–Crippen MR) is 70.8 cm³/mol.